The number of carbonyl (C=O) groups excluding carboxylic acids is 1. The molecule has 0 saturated heterocycles. The molecule has 1 saturated carbocycles. The number of carboxylic acids is 1. The van der Waals surface area contributed by atoms with E-state index in [4.69, 9.17) is 33.0 Å². The number of aryl methyl sites for hydroxylation is 2. The van der Waals surface area contributed by atoms with Crippen LogP contribution in [-0.2, 0) is 4.79 Å². The third-order valence-electron chi connectivity index (χ3n) is 6.82. The van der Waals surface area contributed by atoms with E-state index >= 15 is 0 Å². The monoisotopic (exact) mass is 531 g/mol. The van der Waals surface area contributed by atoms with Crippen molar-refractivity contribution in [2.45, 2.75) is 51.9 Å². The van der Waals surface area contributed by atoms with E-state index in [1.807, 2.05) is 0 Å². The maximum Gasteiger partial charge on any atom is 0.306 e. The van der Waals surface area contributed by atoms with Crippen LogP contribution in [0.2, 0.25) is 10.0 Å². The quantitative estimate of drug-likeness (QED) is 0.343. The maximum atomic E-state index is 14.9. The van der Waals surface area contributed by atoms with Gasteiger partial charge in [-0.15, -0.1) is 0 Å². The van der Waals surface area contributed by atoms with Crippen molar-refractivity contribution in [2.24, 2.45) is 5.92 Å². The highest BCUT2D eigenvalue weighted by Crippen LogP contribution is 2.47. The Morgan fingerprint density at radius 1 is 1.11 bits per heavy atom. The standard InChI is InChI=1S/C28H28Cl2FNO4/c1-15-10-20(36-9-8-17-6-4-3-5-7-17)11-16(2)23(15)27(33)32-22-14-21(24(29)25(30)26(22)31)18-12-19(13-18)28(34)35/h4,6-7,10-11,14,18-19H,3,5,8-9,12-13H2,1-2H3,(H,32,33)(H,34,35). The number of anilines is 1. The fourth-order valence-electron chi connectivity index (χ4n) is 4.77. The fraction of sp³-hybridized carbons (Fsp3) is 0.357. The smallest absolute Gasteiger partial charge is 0.306 e. The Labute approximate surface area is 219 Å². The average molecular weight is 532 g/mol. The largest absolute Gasteiger partial charge is 0.493 e. The zero-order valence-electron chi connectivity index (χ0n) is 20.2. The molecule has 0 aliphatic heterocycles. The molecule has 2 aromatic carbocycles. The summed E-state index contributed by atoms with van der Waals surface area (Å²) in [5, 5.41) is 11.5. The second-order valence-electron chi connectivity index (χ2n) is 9.40. The lowest BCUT2D eigenvalue weighted by molar-refractivity contribution is -0.145. The highest BCUT2D eigenvalue weighted by molar-refractivity contribution is 6.43. The molecule has 0 spiro atoms. The van der Waals surface area contributed by atoms with E-state index in [0.29, 0.717) is 47.5 Å². The molecule has 0 aromatic heterocycles. The Bertz CT molecular complexity index is 1240. The number of aliphatic carboxylic acids is 1. The molecule has 2 aliphatic carbocycles. The van der Waals surface area contributed by atoms with Crippen molar-refractivity contribution >= 4 is 40.8 Å². The number of benzene rings is 2. The zero-order chi connectivity index (χ0) is 26.0. The highest BCUT2D eigenvalue weighted by atomic mass is 35.5. The summed E-state index contributed by atoms with van der Waals surface area (Å²) in [5.74, 6) is -2.13. The van der Waals surface area contributed by atoms with E-state index in [1.54, 1.807) is 26.0 Å². The van der Waals surface area contributed by atoms with Gasteiger partial charge in [0.1, 0.15) is 5.75 Å². The van der Waals surface area contributed by atoms with Crippen LogP contribution in [0, 0.1) is 25.6 Å². The number of hydrogen-bond acceptors (Lipinski definition) is 3. The Balaban J connectivity index is 1.48. The van der Waals surface area contributed by atoms with Crippen LogP contribution in [0.4, 0.5) is 10.1 Å². The van der Waals surface area contributed by atoms with Gasteiger partial charge in [0.25, 0.3) is 5.91 Å². The molecule has 2 N–H and O–H groups in total. The first-order valence-corrected chi connectivity index (χ1v) is 12.7. The van der Waals surface area contributed by atoms with Gasteiger partial charge in [-0.25, -0.2) is 4.39 Å². The number of carboxylic acid groups (broad SMARTS) is 1. The lowest BCUT2D eigenvalue weighted by Gasteiger charge is -2.33. The summed E-state index contributed by atoms with van der Waals surface area (Å²) >= 11 is 12.4. The van der Waals surface area contributed by atoms with Crippen molar-refractivity contribution in [2.75, 3.05) is 11.9 Å². The highest BCUT2D eigenvalue weighted by Gasteiger charge is 2.37. The summed E-state index contributed by atoms with van der Waals surface area (Å²) in [5.41, 5.74) is 3.52. The van der Waals surface area contributed by atoms with Crippen molar-refractivity contribution in [1.29, 1.82) is 0 Å². The Kier molecular flexibility index (Phi) is 8.06. The van der Waals surface area contributed by atoms with Crippen LogP contribution in [-0.4, -0.2) is 23.6 Å². The van der Waals surface area contributed by atoms with Crippen LogP contribution in [0.5, 0.6) is 5.75 Å². The third kappa shape index (κ3) is 5.60. The second kappa shape index (κ2) is 11.1. The number of halogens is 3. The van der Waals surface area contributed by atoms with Gasteiger partial charge in [0, 0.05) is 12.0 Å². The zero-order valence-corrected chi connectivity index (χ0v) is 21.7. The summed E-state index contributed by atoms with van der Waals surface area (Å²) in [6, 6.07) is 5.05. The Morgan fingerprint density at radius 2 is 1.81 bits per heavy atom. The van der Waals surface area contributed by atoms with Crippen molar-refractivity contribution in [1.82, 2.24) is 0 Å². The average Bonchev–Trinajstić information content (AvgIpc) is 2.79. The molecule has 190 valence electrons. The summed E-state index contributed by atoms with van der Waals surface area (Å²) in [6.45, 7) is 4.14. The molecular weight excluding hydrogens is 504 g/mol. The van der Waals surface area contributed by atoms with Gasteiger partial charge in [0.2, 0.25) is 0 Å². The molecule has 36 heavy (non-hydrogen) atoms. The number of rotatable bonds is 8. The van der Waals surface area contributed by atoms with Crippen molar-refractivity contribution < 1.29 is 23.8 Å². The van der Waals surface area contributed by atoms with Crippen LogP contribution in [0.3, 0.4) is 0 Å². The molecule has 0 heterocycles. The minimum atomic E-state index is -0.870. The first-order valence-electron chi connectivity index (χ1n) is 12.0. The summed E-state index contributed by atoms with van der Waals surface area (Å²) in [4.78, 5) is 24.3. The van der Waals surface area contributed by atoms with E-state index in [-0.39, 0.29) is 21.7 Å². The number of amides is 1. The summed E-state index contributed by atoms with van der Waals surface area (Å²) in [7, 11) is 0. The molecule has 4 rings (SSSR count). The fourth-order valence-corrected chi connectivity index (χ4v) is 5.28. The lowest BCUT2D eigenvalue weighted by atomic mass is 9.71. The number of allylic oxidation sites excluding steroid dienone is 3. The SMILES string of the molecule is Cc1cc(OCCC2=CCCC=C2)cc(C)c1C(=O)Nc1cc(C2CC(C(=O)O)C2)c(Cl)c(Cl)c1F. The molecular formula is C28H28Cl2FNO4. The van der Waals surface area contributed by atoms with Crippen LogP contribution in [0.15, 0.2) is 42.0 Å². The predicted molar refractivity (Wildman–Crippen MR) is 140 cm³/mol. The number of nitrogens with one attached hydrogen (secondary N) is 1. The van der Waals surface area contributed by atoms with Gasteiger partial charge in [-0.3, -0.25) is 9.59 Å². The van der Waals surface area contributed by atoms with Crippen molar-refractivity contribution in [3.8, 4) is 5.75 Å². The normalized spacial score (nSPS) is 18.9. The van der Waals surface area contributed by atoms with Gasteiger partial charge in [0.05, 0.1) is 28.3 Å². The Hall–Kier alpha value is -2.83. The molecule has 5 nitrogen and oxygen atoms in total. The number of ether oxygens (including phenoxy) is 1. The van der Waals surface area contributed by atoms with Gasteiger partial charge < -0.3 is 15.2 Å². The Morgan fingerprint density at radius 3 is 2.42 bits per heavy atom. The summed E-state index contributed by atoms with van der Waals surface area (Å²) in [6.07, 6.45) is 10.2. The topological polar surface area (TPSA) is 75.6 Å². The third-order valence-corrected chi connectivity index (χ3v) is 7.67. The molecule has 2 aliphatic rings. The molecule has 1 amide bonds. The van der Waals surface area contributed by atoms with E-state index in [1.165, 1.54) is 11.6 Å². The molecule has 1 fully saturated rings. The van der Waals surface area contributed by atoms with Crippen LogP contribution in [0.25, 0.3) is 0 Å². The van der Waals surface area contributed by atoms with E-state index in [0.717, 1.165) is 19.3 Å². The molecule has 8 heteroatoms. The first kappa shape index (κ1) is 26.2. The minimum Gasteiger partial charge on any atom is -0.493 e. The first-order chi connectivity index (χ1) is 17.2. The van der Waals surface area contributed by atoms with Crippen molar-refractivity contribution in [3.63, 3.8) is 0 Å². The summed E-state index contributed by atoms with van der Waals surface area (Å²) < 4.78 is 20.8. The van der Waals surface area contributed by atoms with Crippen LogP contribution >= 0.6 is 23.2 Å². The van der Waals surface area contributed by atoms with E-state index < -0.39 is 23.6 Å². The van der Waals surface area contributed by atoms with Gasteiger partial charge >= 0.3 is 5.97 Å². The van der Waals surface area contributed by atoms with Crippen molar-refractivity contribution in [3.05, 3.63) is 80.1 Å². The number of carbonyl (C=O) groups is 2. The predicted octanol–water partition coefficient (Wildman–Crippen LogP) is 7.63. The number of hydrogen-bond donors (Lipinski definition) is 2. The maximum absolute atomic E-state index is 14.9. The molecule has 0 unspecified atom stereocenters. The molecule has 0 atom stereocenters. The molecule has 0 radical (unpaired) electrons. The van der Waals surface area contributed by atoms with Gasteiger partial charge in [-0.2, -0.15) is 0 Å². The molecule has 0 bridgehead atoms. The van der Waals surface area contributed by atoms with Gasteiger partial charge in [-0.1, -0.05) is 41.4 Å². The second-order valence-corrected chi connectivity index (χ2v) is 10.2. The van der Waals surface area contributed by atoms with Gasteiger partial charge in [0.15, 0.2) is 5.82 Å². The van der Waals surface area contributed by atoms with Crippen LogP contribution < -0.4 is 10.1 Å². The van der Waals surface area contributed by atoms with Crippen LogP contribution in [0.1, 0.15) is 65.1 Å². The van der Waals surface area contributed by atoms with E-state index in [2.05, 4.69) is 23.5 Å². The van der Waals surface area contributed by atoms with Gasteiger partial charge in [-0.05, 0) is 85.9 Å². The lowest BCUT2D eigenvalue weighted by Crippen LogP contribution is -2.29. The minimum absolute atomic E-state index is 0.0503. The molecule has 2 aromatic rings. The van der Waals surface area contributed by atoms with E-state index in [9.17, 15) is 14.0 Å².